The fourth-order valence-corrected chi connectivity index (χ4v) is 2.12. The molecule has 3 amide bonds. The monoisotopic (exact) mass is 263 g/mol. The van der Waals surface area contributed by atoms with Crippen LogP contribution in [0.15, 0.2) is 11.6 Å². The van der Waals surface area contributed by atoms with E-state index in [1.807, 2.05) is 0 Å². The summed E-state index contributed by atoms with van der Waals surface area (Å²) in [5.41, 5.74) is 5.97. The van der Waals surface area contributed by atoms with Crippen LogP contribution in [0.2, 0.25) is 0 Å². The predicted octanol–water partition coefficient (Wildman–Crippen LogP) is -3.96. The van der Waals surface area contributed by atoms with E-state index in [9.17, 15) is 14.4 Å². The zero-order valence-corrected chi connectivity index (χ0v) is 10.7. The Labute approximate surface area is 122 Å². The molecule has 0 saturated carbocycles. The third-order valence-corrected chi connectivity index (χ3v) is 2.99. The largest absolute Gasteiger partial charge is 1.00 e. The molecule has 0 radical (unpaired) electrons. The van der Waals surface area contributed by atoms with E-state index in [4.69, 9.17) is 15.7 Å². The molecule has 9 heteroatoms. The number of hydroxylamine groups is 2. The van der Waals surface area contributed by atoms with Gasteiger partial charge in [0, 0.05) is 0 Å². The summed E-state index contributed by atoms with van der Waals surface area (Å²) in [4.78, 5) is 39.8. The Morgan fingerprint density at radius 3 is 2.79 bits per heavy atom. The van der Waals surface area contributed by atoms with Gasteiger partial charge < -0.3 is 17.2 Å². The van der Waals surface area contributed by atoms with Crippen molar-refractivity contribution in [3.63, 3.8) is 0 Å². The molecule has 2 aliphatic heterocycles. The molecule has 100 valence electrons. The molecule has 2 bridgehead atoms. The number of amides is 3. The van der Waals surface area contributed by atoms with Crippen LogP contribution < -0.4 is 24.6 Å². The number of nitrogens with two attached hydrogens (primary N) is 1. The molecule has 1 fully saturated rings. The Morgan fingerprint density at radius 1 is 1.63 bits per heavy atom. The fourth-order valence-electron chi connectivity index (χ4n) is 2.12. The van der Waals surface area contributed by atoms with Gasteiger partial charge in [0.25, 0.3) is 0 Å². The quantitative estimate of drug-likeness (QED) is 0.397. The first kappa shape index (κ1) is 15.6. The van der Waals surface area contributed by atoms with Gasteiger partial charge in [-0.15, -0.1) is 0 Å². The van der Waals surface area contributed by atoms with Crippen molar-refractivity contribution in [2.75, 3.05) is 13.2 Å². The summed E-state index contributed by atoms with van der Waals surface area (Å²) in [6.07, 6.45) is 1.60. The Hall–Kier alpha value is -1.49. The number of carboxylic acid groups (broad SMARTS) is 1. The van der Waals surface area contributed by atoms with E-state index in [0.717, 1.165) is 10.6 Å². The molecular formula is C10H14LiN3O5. The van der Waals surface area contributed by atoms with E-state index in [2.05, 4.69) is 0 Å². The first-order chi connectivity index (χ1) is 8.41. The molecule has 0 aliphatic carbocycles. The van der Waals surface area contributed by atoms with Gasteiger partial charge >= 0.3 is 30.9 Å². The van der Waals surface area contributed by atoms with E-state index in [0.29, 0.717) is 0 Å². The number of urea groups is 1. The van der Waals surface area contributed by atoms with Crippen LogP contribution in [0.5, 0.6) is 0 Å². The van der Waals surface area contributed by atoms with E-state index in [1.54, 1.807) is 13.0 Å². The van der Waals surface area contributed by atoms with Crippen LogP contribution in [0, 0.1) is 0 Å². The second kappa shape index (κ2) is 5.65. The van der Waals surface area contributed by atoms with Crippen LogP contribution in [0.25, 0.3) is 0 Å². The third-order valence-electron chi connectivity index (χ3n) is 2.99. The Kier molecular flexibility index (Phi) is 4.63. The van der Waals surface area contributed by atoms with Crippen LogP contribution in [0.1, 0.15) is 8.35 Å². The van der Waals surface area contributed by atoms with Crippen molar-refractivity contribution < 1.29 is 44.6 Å². The van der Waals surface area contributed by atoms with Gasteiger partial charge in [0.1, 0.15) is 6.04 Å². The van der Waals surface area contributed by atoms with Crippen LogP contribution >= 0.6 is 0 Å². The molecule has 0 aromatic rings. The van der Waals surface area contributed by atoms with E-state index in [-0.39, 0.29) is 32.9 Å². The minimum absolute atomic E-state index is 0. The topological polar surface area (TPSA) is 113 Å². The molecule has 0 aromatic heterocycles. The van der Waals surface area contributed by atoms with E-state index >= 15 is 0 Å². The molecular weight excluding hydrogens is 249 g/mol. The molecule has 2 rings (SSSR count). The summed E-state index contributed by atoms with van der Waals surface area (Å²) in [5, 5.41) is 9.53. The third kappa shape index (κ3) is 2.76. The van der Waals surface area contributed by atoms with Gasteiger partial charge in [-0.25, -0.2) is 9.59 Å². The normalized spacial score (nSPS) is 24.9. The van der Waals surface area contributed by atoms with Crippen molar-refractivity contribution in [1.29, 1.82) is 0 Å². The van der Waals surface area contributed by atoms with Crippen molar-refractivity contribution in [2.45, 2.75) is 19.0 Å². The minimum Gasteiger partial charge on any atom is -1.00 e. The summed E-state index contributed by atoms with van der Waals surface area (Å²) in [7, 11) is 0. The van der Waals surface area contributed by atoms with Crippen molar-refractivity contribution in [3.05, 3.63) is 11.6 Å². The van der Waals surface area contributed by atoms with Crippen molar-refractivity contribution in [1.82, 2.24) is 9.96 Å². The standard InChI is InChI=1S/C10H13N3O5.Li.H/c1-5-2-6(9(11)16)12-3-7(5)13(10(12)17)18-4-8(14)15;;/h2,6-7H,3-4H2,1H3,(H2,11,16)(H,14,15);;/q;+1;-1/t6-,7-;;/m0../s1. The molecule has 8 nitrogen and oxygen atoms in total. The first-order valence-corrected chi connectivity index (χ1v) is 5.34. The van der Waals surface area contributed by atoms with E-state index in [1.165, 1.54) is 4.90 Å². The molecule has 2 aliphatic rings. The summed E-state index contributed by atoms with van der Waals surface area (Å²) < 4.78 is 0. The number of nitrogens with zero attached hydrogens (tertiary/aromatic N) is 2. The zero-order chi connectivity index (χ0) is 13.4. The van der Waals surface area contributed by atoms with Gasteiger partial charge in [-0.3, -0.25) is 9.63 Å². The maximum Gasteiger partial charge on any atom is 1.00 e. The van der Waals surface area contributed by atoms with Crippen molar-refractivity contribution in [3.8, 4) is 0 Å². The molecule has 2 atom stereocenters. The van der Waals surface area contributed by atoms with Gasteiger partial charge in [-0.05, 0) is 12.5 Å². The van der Waals surface area contributed by atoms with Gasteiger partial charge in [0.05, 0.1) is 12.6 Å². The number of hydrogen-bond acceptors (Lipinski definition) is 4. The number of carboxylic acids is 1. The molecule has 19 heavy (non-hydrogen) atoms. The Bertz CT molecular complexity index is 458. The summed E-state index contributed by atoms with van der Waals surface area (Å²) in [6, 6.07) is -1.71. The first-order valence-electron chi connectivity index (χ1n) is 5.34. The number of primary amides is 1. The number of carbonyl (C=O) groups excluding carboxylic acids is 2. The van der Waals surface area contributed by atoms with Crippen LogP contribution in [0.3, 0.4) is 0 Å². The fraction of sp³-hybridized carbons (Fsp3) is 0.500. The molecule has 1 saturated heterocycles. The predicted molar refractivity (Wildman–Crippen MR) is 59.2 cm³/mol. The minimum atomic E-state index is -1.17. The number of carbonyl (C=O) groups is 3. The van der Waals surface area contributed by atoms with Gasteiger partial charge in [0.2, 0.25) is 5.91 Å². The van der Waals surface area contributed by atoms with Gasteiger partial charge in [-0.2, -0.15) is 5.06 Å². The van der Waals surface area contributed by atoms with Crippen LogP contribution in [0.4, 0.5) is 4.79 Å². The second-order valence-corrected chi connectivity index (χ2v) is 4.20. The summed E-state index contributed by atoms with van der Waals surface area (Å²) >= 11 is 0. The zero-order valence-electron chi connectivity index (χ0n) is 11.7. The van der Waals surface area contributed by atoms with E-state index < -0.39 is 30.6 Å². The summed E-state index contributed by atoms with van der Waals surface area (Å²) in [5.74, 6) is -1.80. The smallest absolute Gasteiger partial charge is 1.00 e. The van der Waals surface area contributed by atoms with Gasteiger partial charge in [0.15, 0.2) is 6.61 Å². The van der Waals surface area contributed by atoms with Crippen molar-refractivity contribution >= 4 is 17.9 Å². The maximum atomic E-state index is 12.0. The SMILES string of the molecule is CC1=C[C@@H](C(N)=O)N2C[C@@H]1N(OCC(=O)O)C2=O.[H-].[Li+]. The van der Waals surface area contributed by atoms with Gasteiger partial charge in [-0.1, -0.05) is 6.08 Å². The molecule has 0 unspecified atom stereocenters. The second-order valence-electron chi connectivity index (χ2n) is 4.20. The summed E-state index contributed by atoms with van der Waals surface area (Å²) in [6.45, 7) is 1.41. The molecule has 2 heterocycles. The number of rotatable bonds is 4. The van der Waals surface area contributed by atoms with Crippen LogP contribution in [-0.2, 0) is 14.4 Å². The Morgan fingerprint density at radius 2 is 2.26 bits per heavy atom. The number of aliphatic carboxylic acids is 1. The van der Waals surface area contributed by atoms with Crippen molar-refractivity contribution in [2.24, 2.45) is 5.73 Å². The molecule has 0 aromatic carbocycles. The molecule has 3 N–H and O–H groups in total. The Balaban J connectivity index is 0.00000180. The maximum absolute atomic E-state index is 12.0. The average Bonchev–Trinajstić information content (AvgIpc) is 2.56. The number of fused-ring (bicyclic) bond motifs is 2. The van der Waals surface area contributed by atoms with Crippen LogP contribution in [-0.4, -0.2) is 58.2 Å². The molecule has 0 spiro atoms. The average molecular weight is 263 g/mol. The number of hydrogen-bond donors (Lipinski definition) is 2.